The molecule has 3 heteroatoms. The molecule has 1 aromatic rings. The summed E-state index contributed by atoms with van der Waals surface area (Å²) in [6.45, 7) is 1.84. The Kier molecular flexibility index (Phi) is 2.76. The molecule has 0 aliphatic rings. The van der Waals surface area contributed by atoms with Crippen LogP contribution in [0.15, 0.2) is 22.9 Å². The summed E-state index contributed by atoms with van der Waals surface area (Å²) in [4.78, 5) is 15.1. The summed E-state index contributed by atoms with van der Waals surface area (Å²) in [5.74, 6) is 0.116. The second kappa shape index (κ2) is 3.62. The highest BCUT2D eigenvalue weighted by Crippen LogP contribution is 2.13. The van der Waals surface area contributed by atoms with E-state index in [1.807, 2.05) is 6.92 Å². The van der Waals surface area contributed by atoms with Crippen molar-refractivity contribution in [3.8, 4) is 0 Å². The van der Waals surface area contributed by atoms with Crippen LogP contribution in [0.1, 0.15) is 23.7 Å². The first-order valence-corrected chi connectivity index (χ1v) is 4.18. The molecule has 0 saturated heterocycles. The summed E-state index contributed by atoms with van der Waals surface area (Å²) in [6.07, 6.45) is 2.17. The molecule has 0 aliphatic heterocycles. The number of Topliss-reactive ketones (excluding diaryl/α,β-unsaturated/α-hetero) is 1. The number of aromatic nitrogens is 1. The molecular weight excluding hydrogens is 206 g/mol. The van der Waals surface area contributed by atoms with E-state index in [2.05, 4.69) is 20.9 Å². The third-order valence-corrected chi connectivity index (χ3v) is 2.01. The maximum Gasteiger partial charge on any atom is 0.165 e. The van der Waals surface area contributed by atoms with Crippen molar-refractivity contribution in [3.05, 3.63) is 28.5 Å². The Morgan fingerprint density at radius 3 is 3.00 bits per heavy atom. The van der Waals surface area contributed by atoms with E-state index in [-0.39, 0.29) is 5.78 Å². The minimum absolute atomic E-state index is 0.116. The topological polar surface area (TPSA) is 30.0 Å². The van der Waals surface area contributed by atoms with E-state index in [0.29, 0.717) is 16.6 Å². The maximum absolute atomic E-state index is 11.2. The molecule has 0 atom stereocenters. The highest BCUT2D eigenvalue weighted by Gasteiger charge is 2.06. The predicted octanol–water partition coefficient (Wildman–Crippen LogP) is 2.44. The van der Waals surface area contributed by atoms with E-state index in [1.165, 1.54) is 0 Å². The van der Waals surface area contributed by atoms with Gasteiger partial charge in [0.05, 0.1) is 5.56 Å². The summed E-state index contributed by atoms with van der Waals surface area (Å²) in [7, 11) is 0. The average molecular weight is 214 g/mol. The fourth-order valence-electron chi connectivity index (χ4n) is 0.784. The van der Waals surface area contributed by atoms with Crippen molar-refractivity contribution in [2.75, 3.05) is 0 Å². The van der Waals surface area contributed by atoms with Gasteiger partial charge in [-0.2, -0.15) is 0 Å². The van der Waals surface area contributed by atoms with Gasteiger partial charge >= 0.3 is 0 Å². The molecule has 0 N–H and O–H groups in total. The van der Waals surface area contributed by atoms with Crippen molar-refractivity contribution in [1.29, 1.82) is 0 Å². The van der Waals surface area contributed by atoms with Gasteiger partial charge in [0.1, 0.15) is 4.60 Å². The molecule has 2 nitrogen and oxygen atoms in total. The van der Waals surface area contributed by atoms with E-state index < -0.39 is 0 Å². The van der Waals surface area contributed by atoms with E-state index in [9.17, 15) is 4.79 Å². The minimum Gasteiger partial charge on any atom is -0.294 e. The lowest BCUT2D eigenvalue weighted by molar-refractivity contribution is 0.0987. The van der Waals surface area contributed by atoms with Crippen molar-refractivity contribution in [3.63, 3.8) is 0 Å². The van der Waals surface area contributed by atoms with Gasteiger partial charge in [-0.3, -0.25) is 4.79 Å². The zero-order valence-electron chi connectivity index (χ0n) is 6.17. The van der Waals surface area contributed by atoms with Gasteiger partial charge in [0.15, 0.2) is 5.78 Å². The predicted molar refractivity (Wildman–Crippen MR) is 46.6 cm³/mol. The van der Waals surface area contributed by atoms with E-state index in [4.69, 9.17) is 0 Å². The van der Waals surface area contributed by atoms with Gasteiger partial charge in [-0.25, -0.2) is 4.98 Å². The number of pyridine rings is 1. The number of nitrogens with zero attached hydrogens (tertiary/aromatic N) is 1. The Morgan fingerprint density at radius 1 is 1.73 bits per heavy atom. The average Bonchev–Trinajstić information content (AvgIpc) is 2.04. The van der Waals surface area contributed by atoms with Gasteiger partial charge in [0, 0.05) is 12.6 Å². The molecule has 1 rings (SSSR count). The number of hydrogen-bond donors (Lipinski definition) is 0. The highest BCUT2D eigenvalue weighted by atomic mass is 79.9. The molecule has 0 saturated carbocycles. The molecule has 0 spiro atoms. The van der Waals surface area contributed by atoms with Crippen LogP contribution in [0.2, 0.25) is 0 Å². The van der Waals surface area contributed by atoms with Gasteiger partial charge < -0.3 is 0 Å². The first-order chi connectivity index (χ1) is 5.25. The molecule has 0 amide bonds. The monoisotopic (exact) mass is 213 g/mol. The van der Waals surface area contributed by atoms with Crippen molar-refractivity contribution in [1.82, 2.24) is 4.98 Å². The first kappa shape index (κ1) is 8.40. The number of carbonyl (C=O) groups is 1. The third-order valence-electron chi connectivity index (χ3n) is 1.38. The quantitative estimate of drug-likeness (QED) is 0.559. The molecule has 1 heterocycles. The van der Waals surface area contributed by atoms with Crippen LogP contribution in [0.5, 0.6) is 0 Å². The van der Waals surface area contributed by atoms with Crippen LogP contribution in [0, 0.1) is 0 Å². The van der Waals surface area contributed by atoms with Crippen LogP contribution in [-0.4, -0.2) is 10.8 Å². The second-order valence-corrected chi connectivity index (χ2v) is 2.87. The van der Waals surface area contributed by atoms with Crippen molar-refractivity contribution in [2.45, 2.75) is 13.3 Å². The molecule has 58 valence electrons. The van der Waals surface area contributed by atoms with Crippen LogP contribution in [0.4, 0.5) is 0 Å². The lowest BCUT2D eigenvalue weighted by Crippen LogP contribution is -1.98. The third kappa shape index (κ3) is 1.87. The number of hydrogen-bond acceptors (Lipinski definition) is 2. The highest BCUT2D eigenvalue weighted by molar-refractivity contribution is 9.10. The molecule has 0 fully saturated rings. The van der Waals surface area contributed by atoms with Crippen LogP contribution < -0.4 is 0 Å². The zero-order chi connectivity index (χ0) is 8.27. The van der Waals surface area contributed by atoms with Crippen molar-refractivity contribution < 1.29 is 4.79 Å². The molecule has 11 heavy (non-hydrogen) atoms. The Hall–Kier alpha value is -0.700. The molecule has 0 aliphatic carbocycles. The molecule has 0 aromatic carbocycles. The minimum atomic E-state index is 0.116. The first-order valence-electron chi connectivity index (χ1n) is 3.39. The zero-order valence-corrected chi connectivity index (χ0v) is 7.76. The molecule has 1 aromatic heterocycles. The molecule has 0 bridgehead atoms. The molecule has 0 radical (unpaired) electrons. The summed E-state index contributed by atoms with van der Waals surface area (Å²) in [5.41, 5.74) is 0.662. The van der Waals surface area contributed by atoms with E-state index in [1.54, 1.807) is 18.3 Å². The number of carbonyl (C=O) groups excluding carboxylic acids is 1. The van der Waals surface area contributed by atoms with E-state index in [0.717, 1.165) is 0 Å². The summed E-state index contributed by atoms with van der Waals surface area (Å²) >= 11 is 3.21. The largest absolute Gasteiger partial charge is 0.294 e. The lowest BCUT2D eigenvalue weighted by Gasteiger charge is -1.97. The van der Waals surface area contributed by atoms with Crippen molar-refractivity contribution in [2.24, 2.45) is 0 Å². The van der Waals surface area contributed by atoms with Gasteiger partial charge in [-0.15, -0.1) is 0 Å². The van der Waals surface area contributed by atoms with Crippen LogP contribution in [0.3, 0.4) is 0 Å². The lowest BCUT2D eigenvalue weighted by atomic mass is 10.1. The second-order valence-electron chi connectivity index (χ2n) is 2.12. The summed E-state index contributed by atoms with van der Waals surface area (Å²) in [5, 5.41) is 0. The maximum atomic E-state index is 11.2. The Balaban J connectivity index is 3.03. The smallest absolute Gasteiger partial charge is 0.165 e. The Labute approximate surface area is 73.8 Å². The normalized spacial score (nSPS) is 9.64. The summed E-state index contributed by atoms with van der Waals surface area (Å²) in [6, 6.07) is 3.52. The fourth-order valence-corrected chi connectivity index (χ4v) is 1.26. The van der Waals surface area contributed by atoms with Gasteiger partial charge in [-0.05, 0) is 28.1 Å². The summed E-state index contributed by atoms with van der Waals surface area (Å²) < 4.78 is 0.631. The number of ketones is 1. The SMILES string of the molecule is CCC(=O)c1cccnc1Br. The van der Waals surface area contributed by atoms with Gasteiger partial charge in [0.2, 0.25) is 0 Å². The van der Waals surface area contributed by atoms with E-state index >= 15 is 0 Å². The van der Waals surface area contributed by atoms with Gasteiger partial charge in [0.25, 0.3) is 0 Å². The molecule has 0 unspecified atom stereocenters. The molecular formula is C8H8BrNO. The Bertz CT molecular complexity index is 273. The standard InChI is InChI=1S/C8H8BrNO/c1-2-7(11)6-4-3-5-10-8(6)9/h3-5H,2H2,1H3. The van der Waals surface area contributed by atoms with Crippen LogP contribution in [0.25, 0.3) is 0 Å². The van der Waals surface area contributed by atoms with Crippen LogP contribution in [-0.2, 0) is 0 Å². The Morgan fingerprint density at radius 2 is 2.45 bits per heavy atom. The van der Waals surface area contributed by atoms with Gasteiger partial charge in [-0.1, -0.05) is 6.92 Å². The van der Waals surface area contributed by atoms with Crippen LogP contribution >= 0.6 is 15.9 Å². The number of rotatable bonds is 2. The van der Waals surface area contributed by atoms with Crippen molar-refractivity contribution >= 4 is 21.7 Å². The number of halogens is 1. The fraction of sp³-hybridized carbons (Fsp3) is 0.250.